The molecular formula is C17H16N4O4S. The number of fused-ring (bicyclic) bond motifs is 1. The second-order valence-corrected chi connectivity index (χ2v) is 7.15. The van der Waals surface area contributed by atoms with Crippen molar-refractivity contribution in [2.45, 2.75) is 6.54 Å². The number of benzene rings is 1. The molecule has 0 aliphatic carbocycles. The van der Waals surface area contributed by atoms with E-state index < -0.39 is 10.8 Å². The number of hydrogen-bond acceptors (Lipinski definition) is 7. The van der Waals surface area contributed by atoms with Gasteiger partial charge in [0, 0.05) is 26.2 Å². The first kappa shape index (κ1) is 16.7. The third kappa shape index (κ3) is 3.31. The molecule has 2 aromatic heterocycles. The van der Waals surface area contributed by atoms with Gasteiger partial charge in [-0.25, -0.2) is 4.98 Å². The lowest BCUT2D eigenvalue weighted by Crippen LogP contribution is -2.48. The molecule has 1 saturated heterocycles. The van der Waals surface area contributed by atoms with E-state index in [0.717, 1.165) is 30.2 Å². The summed E-state index contributed by atoms with van der Waals surface area (Å²) in [5.41, 5.74) is 1.01. The second kappa shape index (κ2) is 6.85. The maximum Gasteiger partial charge on any atom is 0.433 e. The van der Waals surface area contributed by atoms with E-state index in [2.05, 4.69) is 16.0 Å². The summed E-state index contributed by atoms with van der Waals surface area (Å²) in [7, 11) is 0. The zero-order valence-corrected chi connectivity index (χ0v) is 14.6. The SMILES string of the molecule is O=C(c1ccc([N+](=O)[O-])o1)N1CCN(Cc2nc3ccccc3s2)CC1. The number of furan rings is 1. The van der Waals surface area contributed by atoms with E-state index in [9.17, 15) is 14.9 Å². The Morgan fingerprint density at radius 3 is 2.65 bits per heavy atom. The van der Waals surface area contributed by atoms with Gasteiger partial charge in [0.15, 0.2) is 5.76 Å². The lowest BCUT2D eigenvalue weighted by molar-refractivity contribution is -0.402. The van der Waals surface area contributed by atoms with Gasteiger partial charge in [0.05, 0.1) is 22.8 Å². The van der Waals surface area contributed by atoms with E-state index in [1.54, 1.807) is 16.2 Å². The van der Waals surface area contributed by atoms with E-state index in [-0.39, 0.29) is 11.7 Å². The number of nitrogens with zero attached hydrogens (tertiary/aromatic N) is 4. The molecule has 1 aliphatic heterocycles. The predicted octanol–water partition coefficient (Wildman–Crippen LogP) is 2.76. The summed E-state index contributed by atoms with van der Waals surface area (Å²) in [6.07, 6.45) is 0. The second-order valence-electron chi connectivity index (χ2n) is 6.04. The average Bonchev–Trinajstić information content (AvgIpc) is 3.28. The number of para-hydroxylation sites is 1. The fourth-order valence-electron chi connectivity index (χ4n) is 2.98. The Labute approximate surface area is 152 Å². The van der Waals surface area contributed by atoms with Crippen LogP contribution in [0.25, 0.3) is 10.2 Å². The van der Waals surface area contributed by atoms with E-state index in [1.807, 2.05) is 18.2 Å². The minimum Gasteiger partial charge on any atom is -0.395 e. The smallest absolute Gasteiger partial charge is 0.395 e. The molecule has 0 atom stereocenters. The van der Waals surface area contributed by atoms with Gasteiger partial charge in [0.25, 0.3) is 5.91 Å². The number of carbonyl (C=O) groups is 1. The fraction of sp³-hybridized carbons (Fsp3) is 0.294. The first-order chi connectivity index (χ1) is 12.6. The monoisotopic (exact) mass is 372 g/mol. The molecule has 1 fully saturated rings. The van der Waals surface area contributed by atoms with Crippen LogP contribution in [0.3, 0.4) is 0 Å². The molecule has 0 saturated carbocycles. The van der Waals surface area contributed by atoms with Gasteiger partial charge in [-0.15, -0.1) is 11.3 Å². The summed E-state index contributed by atoms with van der Waals surface area (Å²) in [4.78, 5) is 31.0. The molecule has 1 aliphatic rings. The minimum atomic E-state index is -0.646. The number of thiazole rings is 1. The Morgan fingerprint density at radius 2 is 1.96 bits per heavy atom. The molecule has 0 radical (unpaired) electrons. The lowest BCUT2D eigenvalue weighted by Gasteiger charge is -2.33. The Kier molecular flexibility index (Phi) is 4.39. The summed E-state index contributed by atoms with van der Waals surface area (Å²) >= 11 is 1.69. The highest BCUT2D eigenvalue weighted by Crippen LogP contribution is 2.23. The largest absolute Gasteiger partial charge is 0.433 e. The van der Waals surface area contributed by atoms with E-state index in [0.29, 0.717) is 13.1 Å². The van der Waals surface area contributed by atoms with Gasteiger partial charge in [0.1, 0.15) is 9.93 Å². The molecule has 0 spiro atoms. The normalized spacial score (nSPS) is 15.5. The number of piperazine rings is 1. The average molecular weight is 372 g/mol. The molecule has 3 aromatic rings. The highest BCUT2D eigenvalue weighted by Gasteiger charge is 2.26. The van der Waals surface area contributed by atoms with Crippen molar-refractivity contribution in [3.05, 3.63) is 57.3 Å². The third-order valence-corrected chi connectivity index (χ3v) is 5.36. The zero-order valence-electron chi connectivity index (χ0n) is 13.8. The van der Waals surface area contributed by atoms with Gasteiger partial charge in [-0.1, -0.05) is 12.1 Å². The summed E-state index contributed by atoms with van der Waals surface area (Å²) in [5, 5.41) is 11.7. The highest BCUT2D eigenvalue weighted by atomic mass is 32.1. The molecule has 134 valence electrons. The molecule has 0 N–H and O–H groups in total. The van der Waals surface area contributed by atoms with Crippen LogP contribution in [0.2, 0.25) is 0 Å². The van der Waals surface area contributed by atoms with Gasteiger partial charge in [-0.3, -0.25) is 19.8 Å². The summed E-state index contributed by atoms with van der Waals surface area (Å²) in [5.74, 6) is -0.711. The number of aromatic nitrogens is 1. The fourth-order valence-corrected chi connectivity index (χ4v) is 3.99. The molecule has 26 heavy (non-hydrogen) atoms. The first-order valence-corrected chi connectivity index (χ1v) is 9.02. The Hall–Kier alpha value is -2.78. The summed E-state index contributed by atoms with van der Waals surface area (Å²) in [6.45, 7) is 3.32. The molecule has 1 aromatic carbocycles. The van der Waals surface area contributed by atoms with E-state index >= 15 is 0 Å². The molecule has 0 unspecified atom stereocenters. The van der Waals surface area contributed by atoms with Crippen molar-refractivity contribution in [2.75, 3.05) is 26.2 Å². The van der Waals surface area contributed by atoms with Crippen LogP contribution in [0.4, 0.5) is 5.88 Å². The van der Waals surface area contributed by atoms with Crippen LogP contribution in [0.15, 0.2) is 40.8 Å². The Bertz CT molecular complexity index is 925. The van der Waals surface area contributed by atoms with E-state index in [4.69, 9.17) is 4.42 Å². The van der Waals surface area contributed by atoms with Crippen LogP contribution < -0.4 is 0 Å². The number of carbonyl (C=O) groups excluding carboxylic acids is 1. The van der Waals surface area contributed by atoms with Gasteiger partial charge in [0.2, 0.25) is 0 Å². The summed E-state index contributed by atoms with van der Waals surface area (Å²) < 4.78 is 6.18. The minimum absolute atomic E-state index is 0.0105. The Morgan fingerprint density at radius 1 is 1.19 bits per heavy atom. The number of amides is 1. The Balaban J connectivity index is 1.35. The van der Waals surface area contributed by atoms with Gasteiger partial charge in [-0.2, -0.15) is 0 Å². The highest BCUT2D eigenvalue weighted by molar-refractivity contribution is 7.18. The van der Waals surface area contributed by atoms with Crippen LogP contribution >= 0.6 is 11.3 Å². The van der Waals surface area contributed by atoms with Crippen LogP contribution in [-0.2, 0) is 6.54 Å². The molecule has 3 heterocycles. The van der Waals surface area contributed by atoms with Crippen molar-refractivity contribution in [1.82, 2.24) is 14.8 Å². The van der Waals surface area contributed by atoms with Gasteiger partial charge < -0.3 is 9.32 Å². The first-order valence-electron chi connectivity index (χ1n) is 8.20. The maximum atomic E-state index is 12.4. The molecule has 8 nitrogen and oxygen atoms in total. The van der Waals surface area contributed by atoms with Gasteiger partial charge >= 0.3 is 5.88 Å². The predicted molar refractivity (Wildman–Crippen MR) is 96.2 cm³/mol. The number of rotatable bonds is 4. The molecule has 9 heteroatoms. The molecule has 4 rings (SSSR count). The van der Waals surface area contributed by atoms with Crippen molar-refractivity contribution in [2.24, 2.45) is 0 Å². The van der Waals surface area contributed by atoms with Crippen molar-refractivity contribution in [1.29, 1.82) is 0 Å². The van der Waals surface area contributed by atoms with Crippen molar-refractivity contribution in [3.63, 3.8) is 0 Å². The van der Waals surface area contributed by atoms with Crippen LogP contribution in [0, 0.1) is 10.1 Å². The number of nitro groups is 1. The quantitative estimate of drug-likeness (QED) is 0.516. The van der Waals surface area contributed by atoms with Crippen LogP contribution in [-0.4, -0.2) is 51.8 Å². The van der Waals surface area contributed by atoms with E-state index in [1.165, 1.54) is 16.8 Å². The topological polar surface area (TPSA) is 92.7 Å². The number of hydrogen-bond donors (Lipinski definition) is 0. The zero-order chi connectivity index (χ0) is 18.1. The van der Waals surface area contributed by atoms with Crippen molar-refractivity contribution >= 4 is 33.3 Å². The van der Waals surface area contributed by atoms with Crippen molar-refractivity contribution < 1.29 is 14.1 Å². The van der Waals surface area contributed by atoms with Crippen molar-refractivity contribution in [3.8, 4) is 0 Å². The van der Waals surface area contributed by atoms with Crippen LogP contribution in [0.5, 0.6) is 0 Å². The van der Waals surface area contributed by atoms with Crippen LogP contribution in [0.1, 0.15) is 15.6 Å². The molecule has 1 amide bonds. The maximum absolute atomic E-state index is 12.4. The molecular weight excluding hydrogens is 356 g/mol. The molecule has 0 bridgehead atoms. The lowest BCUT2D eigenvalue weighted by atomic mass is 10.3. The third-order valence-electron chi connectivity index (χ3n) is 4.34. The van der Waals surface area contributed by atoms with Gasteiger partial charge in [-0.05, 0) is 18.2 Å². The standard InChI is InChI=1S/C17H16N4O4S/c22-17(13-5-6-16(25-13)21(23)24)20-9-7-19(8-10-20)11-15-18-12-3-1-2-4-14(12)26-15/h1-6H,7-11H2. The summed E-state index contributed by atoms with van der Waals surface area (Å²) in [6, 6.07) is 10.6.